The maximum Gasteiger partial charge on any atom is 0.255 e. The number of rotatable bonds is 4. The Balaban J connectivity index is 2.19. The van der Waals surface area contributed by atoms with Gasteiger partial charge in [0.1, 0.15) is 0 Å². The predicted octanol–water partition coefficient (Wildman–Crippen LogP) is 1.84. The van der Waals surface area contributed by atoms with E-state index in [9.17, 15) is 13.2 Å². The lowest BCUT2D eigenvalue weighted by Crippen LogP contribution is -2.49. The fourth-order valence-electron chi connectivity index (χ4n) is 3.52. The van der Waals surface area contributed by atoms with Crippen molar-refractivity contribution < 1.29 is 13.2 Å². The van der Waals surface area contributed by atoms with E-state index in [2.05, 4.69) is 23.1 Å². The van der Waals surface area contributed by atoms with Crippen molar-refractivity contribution in [1.29, 1.82) is 0 Å². The van der Waals surface area contributed by atoms with Gasteiger partial charge in [0.2, 0.25) is 10.0 Å². The number of carbonyl (C=O) groups is 1. The Labute approximate surface area is 138 Å². The van der Waals surface area contributed by atoms with Gasteiger partial charge in [-0.2, -0.15) is 0 Å². The van der Waals surface area contributed by atoms with Gasteiger partial charge in [0.15, 0.2) is 0 Å². The van der Waals surface area contributed by atoms with Gasteiger partial charge in [-0.05, 0) is 46.6 Å². The van der Waals surface area contributed by atoms with Crippen LogP contribution in [0.5, 0.6) is 0 Å². The van der Waals surface area contributed by atoms with Gasteiger partial charge in [0, 0.05) is 36.6 Å². The second-order valence-electron chi connectivity index (χ2n) is 6.73. The first-order chi connectivity index (χ1) is 10.6. The van der Waals surface area contributed by atoms with Gasteiger partial charge in [-0.25, -0.2) is 13.1 Å². The molecule has 0 aromatic carbocycles. The van der Waals surface area contributed by atoms with Gasteiger partial charge in [0.05, 0.1) is 11.8 Å². The van der Waals surface area contributed by atoms with Crippen molar-refractivity contribution in [2.75, 3.05) is 19.3 Å². The number of hydrogen-bond donors (Lipinski definition) is 1. The van der Waals surface area contributed by atoms with Crippen LogP contribution < -0.4 is 4.72 Å². The molecule has 2 rings (SSSR count). The molecule has 0 aliphatic carbocycles. The molecule has 130 valence electrons. The smallest absolute Gasteiger partial charge is 0.255 e. The van der Waals surface area contributed by atoms with Crippen molar-refractivity contribution in [3.63, 3.8) is 0 Å². The van der Waals surface area contributed by atoms with Gasteiger partial charge < -0.3 is 9.47 Å². The molecule has 1 atom stereocenters. The van der Waals surface area contributed by atoms with Crippen molar-refractivity contribution in [2.45, 2.75) is 52.6 Å². The Morgan fingerprint density at radius 1 is 1.35 bits per heavy atom. The van der Waals surface area contributed by atoms with Crippen molar-refractivity contribution in [3.8, 4) is 0 Å². The van der Waals surface area contributed by atoms with E-state index in [1.54, 1.807) is 4.90 Å². The maximum absolute atomic E-state index is 12.9. The SMILES string of the molecule is Cc1cc(C(=O)N2CCC[C@@H](NS(C)(=O)=O)C2)c(C)n1C(C)C. The van der Waals surface area contributed by atoms with Crippen LogP contribution in [0.1, 0.15) is 54.5 Å². The van der Waals surface area contributed by atoms with Gasteiger partial charge in [-0.15, -0.1) is 0 Å². The monoisotopic (exact) mass is 341 g/mol. The van der Waals surface area contributed by atoms with Crippen LogP contribution in [0, 0.1) is 13.8 Å². The summed E-state index contributed by atoms with van der Waals surface area (Å²) in [5.41, 5.74) is 2.76. The second kappa shape index (κ2) is 6.65. The van der Waals surface area contributed by atoms with E-state index in [4.69, 9.17) is 0 Å². The molecule has 2 heterocycles. The molecule has 1 saturated heterocycles. The molecule has 0 bridgehead atoms. The number of likely N-dealkylation sites (tertiary alicyclic amines) is 1. The van der Waals surface area contributed by atoms with Crippen molar-refractivity contribution in [3.05, 3.63) is 23.0 Å². The predicted molar refractivity (Wildman–Crippen MR) is 91.2 cm³/mol. The third kappa shape index (κ3) is 4.14. The average Bonchev–Trinajstić information content (AvgIpc) is 2.71. The highest BCUT2D eigenvalue weighted by atomic mass is 32.2. The average molecular weight is 341 g/mol. The van der Waals surface area contributed by atoms with Crippen LogP contribution >= 0.6 is 0 Å². The Bertz CT molecular complexity index is 692. The molecule has 0 radical (unpaired) electrons. The molecule has 1 aromatic rings. The number of aryl methyl sites for hydroxylation is 1. The van der Waals surface area contributed by atoms with E-state index in [0.29, 0.717) is 19.1 Å². The second-order valence-corrected chi connectivity index (χ2v) is 8.51. The Hall–Kier alpha value is -1.34. The quantitative estimate of drug-likeness (QED) is 0.908. The zero-order valence-electron chi connectivity index (χ0n) is 14.6. The van der Waals surface area contributed by atoms with Crippen LogP contribution in [0.25, 0.3) is 0 Å². The molecular formula is C16H27N3O3S. The zero-order valence-corrected chi connectivity index (χ0v) is 15.4. The Morgan fingerprint density at radius 3 is 2.52 bits per heavy atom. The Kier molecular flexibility index (Phi) is 5.20. The summed E-state index contributed by atoms with van der Waals surface area (Å²) in [6.07, 6.45) is 2.73. The number of sulfonamides is 1. The fourth-order valence-corrected chi connectivity index (χ4v) is 4.32. The Morgan fingerprint density at radius 2 is 2.00 bits per heavy atom. The largest absolute Gasteiger partial charge is 0.346 e. The van der Waals surface area contributed by atoms with Crippen molar-refractivity contribution in [1.82, 2.24) is 14.2 Å². The van der Waals surface area contributed by atoms with Gasteiger partial charge in [0.25, 0.3) is 5.91 Å². The highest BCUT2D eigenvalue weighted by molar-refractivity contribution is 7.88. The third-order valence-corrected chi connectivity index (χ3v) is 5.08. The number of carbonyl (C=O) groups excluding carboxylic acids is 1. The summed E-state index contributed by atoms with van der Waals surface area (Å²) >= 11 is 0. The molecule has 0 saturated carbocycles. The van der Waals surface area contributed by atoms with Crippen molar-refractivity contribution in [2.24, 2.45) is 0 Å². The first kappa shape index (κ1) is 18.0. The van der Waals surface area contributed by atoms with Gasteiger partial charge >= 0.3 is 0 Å². The number of aromatic nitrogens is 1. The molecule has 23 heavy (non-hydrogen) atoms. The van der Waals surface area contributed by atoms with Crippen LogP contribution in [-0.2, 0) is 10.0 Å². The fraction of sp³-hybridized carbons (Fsp3) is 0.688. The lowest BCUT2D eigenvalue weighted by molar-refractivity contribution is 0.0702. The summed E-state index contributed by atoms with van der Waals surface area (Å²) in [6, 6.07) is 2.04. The number of nitrogens with zero attached hydrogens (tertiary/aromatic N) is 2. The lowest BCUT2D eigenvalue weighted by atomic mass is 10.1. The van der Waals surface area contributed by atoms with E-state index in [1.165, 1.54) is 0 Å². The summed E-state index contributed by atoms with van der Waals surface area (Å²) in [4.78, 5) is 14.6. The van der Waals surface area contributed by atoms with Crippen molar-refractivity contribution >= 4 is 15.9 Å². The highest BCUT2D eigenvalue weighted by Gasteiger charge is 2.28. The van der Waals surface area contributed by atoms with E-state index >= 15 is 0 Å². The van der Waals surface area contributed by atoms with Gasteiger partial charge in [-0.1, -0.05) is 0 Å². The maximum atomic E-state index is 12.9. The minimum absolute atomic E-state index is 0.00926. The number of hydrogen-bond acceptors (Lipinski definition) is 3. The van der Waals surface area contributed by atoms with E-state index < -0.39 is 10.0 Å². The molecule has 0 unspecified atom stereocenters. The van der Waals surface area contributed by atoms with Crippen LogP contribution in [0.3, 0.4) is 0 Å². The topological polar surface area (TPSA) is 71.4 Å². The summed E-state index contributed by atoms with van der Waals surface area (Å²) in [6.45, 7) is 9.27. The molecule has 1 aliphatic heterocycles. The van der Waals surface area contributed by atoms with Crippen LogP contribution in [-0.4, -0.2) is 49.2 Å². The van der Waals surface area contributed by atoms with E-state index in [1.807, 2.05) is 19.9 Å². The summed E-state index contributed by atoms with van der Waals surface area (Å²) < 4.78 is 27.6. The minimum atomic E-state index is -3.25. The number of piperidine rings is 1. The lowest BCUT2D eigenvalue weighted by Gasteiger charge is -2.32. The van der Waals surface area contributed by atoms with Crippen LogP contribution in [0.2, 0.25) is 0 Å². The molecular weight excluding hydrogens is 314 g/mol. The van der Waals surface area contributed by atoms with E-state index in [0.717, 1.165) is 36.0 Å². The first-order valence-corrected chi connectivity index (χ1v) is 9.94. The molecule has 1 aromatic heterocycles. The minimum Gasteiger partial charge on any atom is -0.346 e. The molecule has 6 nitrogen and oxygen atoms in total. The van der Waals surface area contributed by atoms with E-state index in [-0.39, 0.29) is 11.9 Å². The molecule has 1 amide bonds. The molecule has 0 spiro atoms. The summed E-state index contributed by atoms with van der Waals surface area (Å²) in [5, 5.41) is 0. The highest BCUT2D eigenvalue weighted by Crippen LogP contribution is 2.23. The zero-order chi connectivity index (χ0) is 17.4. The number of amides is 1. The normalized spacial score (nSPS) is 19.4. The van der Waals surface area contributed by atoms with Crippen LogP contribution in [0.15, 0.2) is 6.07 Å². The molecule has 1 N–H and O–H groups in total. The summed E-state index contributed by atoms with van der Waals surface area (Å²) in [7, 11) is -3.25. The molecule has 1 aliphatic rings. The van der Waals surface area contributed by atoms with Crippen LogP contribution in [0.4, 0.5) is 0 Å². The van der Waals surface area contributed by atoms with Gasteiger partial charge in [-0.3, -0.25) is 4.79 Å². The molecule has 7 heteroatoms. The summed E-state index contributed by atoms with van der Waals surface area (Å²) in [5.74, 6) is -0.00926. The standard InChI is InChI=1S/C16H27N3O3S/c1-11(2)19-12(3)9-15(13(19)4)16(20)18-8-6-7-14(10-18)17-23(5,21)22/h9,11,14,17H,6-8,10H2,1-5H3/t14-/m1/s1. The number of nitrogens with one attached hydrogen (secondary N) is 1. The first-order valence-electron chi connectivity index (χ1n) is 8.05. The molecule has 1 fully saturated rings. The third-order valence-electron chi connectivity index (χ3n) is 4.32.